The van der Waals surface area contributed by atoms with Gasteiger partial charge in [0, 0.05) is 55.4 Å². The van der Waals surface area contributed by atoms with Crippen LogP contribution < -0.4 is 14.8 Å². The van der Waals surface area contributed by atoms with Gasteiger partial charge in [0.05, 0.1) is 23.9 Å². The number of pyridine rings is 1. The minimum Gasteiger partial charge on any atom is -0.496 e. The van der Waals surface area contributed by atoms with Gasteiger partial charge >= 0.3 is 0 Å². The van der Waals surface area contributed by atoms with E-state index in [4.69, 9.17) is 14.5 Å². The summed E-state index contributed by atoms with van der Waals surface area (Å²) in [6.45, 7) is 4.45. The molecule has 0 unspecified atom stereocenters. The third-order valence-corrected chi connectivity index (χ3v) is 6.64. The molecule has 0 saturated carbocycles. The lowest BCUT2D eigenvalue weighted by atomic mass is 10.0. The second-order valence-electron chi connectivity index (χ2n) is 8.79. The fourth-order valence-electron chi connectivity index (χ4n) is 4.78. The van der Waals surface area contributed by atoms with E-state index in [0.717, 1.165) is 65.3 Å². The number of aromatic amines is 1. The second kappa shape index (κ2) is 9.02. The van der Waals surface area contributed by atoms with Crippen LogP contribution >= 0.6 is 0 Å². The zero-order valence-electron chi connectivity index (χ0n) is 19.5. The smallest absolute Gasteiger partial charge is 0.231 e. The number of hydrogen-bond donors (Lipinski definition) is 2. The van der Waals surface area contributed by atoms with Gasteiger partial charge < -0.3 is 19.8 Å². The molecule has 2 N–H and O–H groups in total. The number of fused-ring (bicyclic) bond motifs is 2. The SMILES string of the molecule is COc1ccc2c(c1CN1CCNCC1)O/C(=C\c1c[nH]c3nc(-c4ccccc4)ccc13)C2=O. The number of H-pyrrole nitrogens is 1. The number of ether oxygens (including phenoxy) is 2. The van der Waals surface area contributed by atoms with Crippen molar-refractivity contribution >= 4 is 22.9 Å². The number of allylic oxidation sites excluding steroid dienone is 1. The molecule has 0 spiro atoms. The monoisotopic (exact) mass is 466 g/mol. The largest absolute Gasteiger partial charge is 0.496 e. The number of carbonyl (C=O) groups is 1. The van der Waals surface area contributed by atoms with E-state index in [0.29, 0.717) is 23.6 Å². The Morgan fingerprint density at radius 2 is 1.91 bits per heavy atom. The summed E-state index contributed by atoms with van der Waals surface area (Å²) >= 11 is 0. The van der Waals surface area contributed by atoms with Gasteiger partial charge in [-0.3, -0.25) is 9.69 Å². The number of benzene rings is 2. The molecule has 1 saturated heterocycles. The average Bonchev–Trinajstić information content (AvgIpc) is 3.46. The van der Waals surface area contributed by atoms with Gasteiger partial charge in [-0.25, -0.2) is 4.98 Å². The minimum absolute atomic E-state index is 0.118. The quantitative estimate of drug-likeness (QED) is 0.428. The summed E-state index contributed by atoms with van der Waals surface area (Å²) in [5, 5.41) is 4.31. The van der Waals surface area contributed by atoms with E-state index in [9.17, 15) is 4.79 Å². The van der Waals surface area contributed by atoms with Crippen LogP contribution in [-0.2, 0) is 6.54 Å². The molecule has 0 bridgehead atoms. The Labute approximate surface area is 203 Å². The number of methoxy groups -OCH3 is 1. The van der Waals surface area contributed by atoms with Crippen molar-refractivity contribution < 1.29 is 14.3 Å². The highest BCUT2D eigenvalue weighted by Gasteiger charge is 2.32. The standard InChI is InChI=1S/C28H26N4O3/c1-34-24-10-8-21-26(33)25(35-27(21)22(24)17-32-13-11-29-12-14-32)15-19-16-30-28-20(19)7-9-23(31-28)18-5-3-2-4-6-18/h2-10,15-16,29H,11-14,17H2,1H3,(H,30,31)/b25-15-. The van der Waals surface area contributed by atoms with Gasteiger partial charge in [-0.05, 0) is 30.3 Å². The Morgan fingerprint density at radius 3 is 2.71 bits per heavy atom. The number of hydrogen-bond acceptors (Lipinski definition) is 6. The molecule has 176 valence electrons. The Hall–Kier alpha value is -3.94. The molecular formula is C28H26N4O3. The van der Waals surface area contributed by atoms with Crippen LogP contribution in [0.25, 0.3) is 28.4 Å². The molecule has 35 heavy (non-hydrogen) atoms. The maximum atomic E-state index is 13.3. The first-order valence-corrected chi connectivity index (χ1v) is 11.8. The molecule has 4 heterocycles. The average molecular weight is 467 g/mol. The number of rotatable bonds is 5. The van der Waals surface area contributed by atoms with E-state index in [1.54, 1.807) is 19.3 Å². The van der Waals surface area contributed by atoms with E-state index in [-0.39, 0.29) is 5.78 Å². The van der Waals surface area contributed by atoms with Crippen LogP contribution in [0.1, 0.15) is 21.5 Å². The Kier molecular flexibility index (Phi) is 5.56. The van der Waals surface area contributed by atoms with Crippen molar-refractivity contribution in [3.63, 3.8) is 0 Å². The fraction of sp³-hybridized carbons (Fsp3) is 0.214. The van der Waals surface area contributed by atoms with E-state index >= 15 is 0 Å². The van der Waals surface area contributed by atoms with Gasteiger partial charge in [0.15, 0.2) is 5.76 Å². The van der Waals surface area contributed by atoms with Crippen molar-refractivity contribution in [2.75, 3.05) is 33.3 Å². The molecule has 4 aromatic rings. The van der Waals surface area contributed by atoms with Crippen LogP contribution in [0.3, 0.4) is 0 Å². The molecule has 2 aliphatic rings. The van der Waals surface area contributed by atoms with E-state index < -0.39 is 0 Å². The number of nitrogens with zero attached hydrogens (tertiary/aromatic N) is 2. The van der Waals surface area contributed by atoms with Crippen molar-refractivity contribution in [3.05, 3.63) is 83.2 Å². The van der Waals surface area contributed by atoms with Crippen LogP contribution in [-0.4, -0.2) is 53.9 Å². The molecule has 2 aliphatic heterocycles. The van der Waals surface area contributed by atoms with Crippen LogP contribution in [0.4, 0.5) is 0 Å². The summed E-state index contributed by atoms with van der Waals surface area (Å²) < 4.78 is 11.8. The lowest BCUT2D eigenvalue weighted by molar-refractivity contribution is 0.101. The van der Waals surface area contributed by atoms with Crippen molar-refractivity contribution in [2.24, 2.45) is 0 Å². The maximum absolute atomic E-state index is 13.3. The zero-order chi connectivity index (χ0) is 23.8. The zero-order valence-corrected chi connectivity index (χ0v) is 19.5. The van der Waals surface area contributed by atoms with Crippen molar-refractivity contribution in [1.82, 2.24) is 20.2 Å². The molecule has 7 nitrogen and oxygen atoms in total. The molecule has 1 fully saturated rings. The van der Waals surface area contributed by atoms with Crippen molar-refractivity contribution in [1.29, 1.82) is 0 Å². The van der Waals surface area contributed by atoms with Crippen molar-refractivity contribution in [3.8, 4) is 22.8 Å². The Balaban J connectivity index is 1.33. The molecule has 6 rings (SSSR count). The molecule has 0 aliphatic carbocycles. The van der Waals surface area contributed by atoms with Crippen LogP contribution in [0.5, 0.6) is 11.5 Å². The summed E-state index contributed by atoms with van der Waals surface area (Å²) in [5.41, 5.74) is 5.06. The van der Waals surface area contributed by atoms with E-state index in [1.165, 1.54) is 0 Å². The number of ketones is 1. The molecule has 2 aromatic heterocycles. The van der Waals surface area contributed by atoms with Crippen LogP contribution in [0, 0.1) is 0 Å². The lowest BCUT2D eigenvalue weighted by Gasteiger charge is -2.28. The maximum Gasteiger partial charge on any atom is 0.231 e. The molecular weight excluding hydrogens is 440 g/mol. The highest BCUT2D eigenvalue weighted by Crippen LogP contribution is 2.41. The Bertz CT molecular complexity index is 1440. The Morgan fingerprint density at radius 1 is 1.09 bits per heavy atom. The number of carbonyl (C=O) groups excluding carboxylic acids is 1. The van der Waals surface area contributed by atoms with E-state index in [1.807, 2.05) is 54.7 Å². The lowest BCUT2D eigenvalue weighted by Crippen LogP contribution is -2.43. The first-order chi connectivity index (χ1) is 17.2. The normalized spacial score (nSPS) is 17.1. The first-order valence-electron chi connectivity index (χ1n) is 11.8. The van der Waals surface area contributed by atoms with Crippen LogP contribution in [0.2, 0.25) is 0 Å². The van der Waals surface area contributed by atoms with Crippen LogP contribution in [0.15, 0.2) is 66.6 Å². The summed E-state index contributed by atoms with van der Waals surface area (Å²) in [5.74, 6) is 1.53. The molecule has 0 amide bonds. The number of piperazine rings is 1. The van der Waals surface area contributed by atoms with Crippen molar-refractivity contribution in [2.45, 2.75) is 6.54 Å². The number of nitrogens with one attached hydrogen (secondary N) is 2. The predicted octanol–water partition coefficient (Wildman–Crippen LogP) is 4.26. The first kappa shape index (κ1) is 21.6. The molecule has 0 atom stereocenters. The fourth-order valence-corrected chi connectivity index (χ4v) is 4.78. The van der Waals surface area contributed by atoms with Gasteiger partial charge in [0.2, 0.25) is 5.78 Å². The van der Waals surface area contributed by atoms with Gasteiger partial charge in [-0.15, -0.1) is 0 Å². The summed E-state index contributed by atoms with van der Waals surface area (Å²) in [6.07, 6.45) is 3.66. The minimum atomic E-state index is -0.118. The van der Waals surface area contributed by atoms with Gasteiger partial charge in [-0.2, -0.15) is 0 Å². The van der Waals surface area contributed by atoms with Gasteiger partial charge in [0.1, 0.15) is 17.1 Å². The molecule has 0 radical (unpaired) electrons. The summed E-state index contributed by atoms with van der Waals surface area (Å²) in [4.78, 5) is 23.6. The highest BCUT2D eigenvalue weighted by atomic mass is 16.5. The molecule has 7 heteroatoms. The van der Waals surface area contributed by atoms with Gasteiger partial charge in [0.25, 0.3) is 0 Å². The highest BCUT2D eigenvalue weighted by molar-refractivity contribution is 6.15. The predicted molar refractivity (Wildman–Crippen MR) is 136 cm³/mol. The van der Waals surface area contributed by atoms with E-state index in [2.05, 4.69) is 15.2 Å². The molecule has 2 aromatic carbocycles. The third-order valence-electron chi connectivity index (χ3n) is 6.64. The third kappa shape index (κ3) is 3.99. The van der Waals surface area contributed by atoms with Gasteiger partial charge in [-0.1, -0.05) is 30.3 Å². The number of aromatic nitrogens is 2. The number of Topliss-reactive ketones (excluding diaryl/α,β-unsaturated/α-hetero) is 1. The second-order valence-corrected chi connectivity index (χ2v) is 8.79. The summed E-state index contributed by atoms with van der Waals surface area (Å²) in [7, 11) is 1.65. The summed E-state index contributed by atoms with van der Waals surface area (Å²) in [6, 6.07) is 17.7. The topological polar surface area (TPSA) is 79.5 Å².